The lowest BCUT2D eigenvalue weighted by Gasteiger charge is -2.33. The number of aromatic nitrogens is 1. The summed E-state index contributed by atoms with van der Waals surface area (Å²) in [5.74, 6) is 0.262. The van der Waals surface area contributed by atoms with E-state index in [9.17, 15) is 4.79 Å². The van der Waals surface area contributed by atoms with Gasteiger partial charge in [-0.3, -0.25) is 4.79 Å². The second-order valence-corrected chi connectivity index (χ2v) is 5.12. The van der Waals surface area contributed by atoms with Crippen LogP contribution in [-0.4, -0.2) is 10.9 Å². The fourth-order valence-corrected chi connectivity index (χ4v) is 1.99. The van der Waals surface area contributed by atoms with Gasteiger partial charge in [0.1, 0.15) is 11.2 Å². The molecule has 1 N–H and O–H groups in total. The van der Waals surface area contributed by atoms with E-state index in [-0.39, 0.29) is 5.91 Å². The number of nitrogens with zero attached hydrogens (tertiary/aromatic N) is 2. The first kappa shape index (κ1) is 12.1. The Kier molecular flexibility index (Phi) is 3.16. The molecule has 0 spiro atoms. The minimum atomic E-state index is -0.831. The molecule has 0 aromatic carbocycles. The molecule has 1 aromatic rings. The molecule has 2 rings (SSSR count). The van der Waals surface area contributed by atoms with Crippen LogP contribution in [0.2, 0.25) is 0 Å². The molecule has 1 aliphatic carbocycles. The van der Waals surface area contributed by atoms with Crippen molar-refractivity contribution in [1.82, 2.24) is 4.98 Å². The van der Waals surface area contributed by atoms with E-state index in [1.54, 1.807) is 6.07 Å². The first-order valence-electron chi connectivity index (χ1n) is 5.43. The van der Waals surface area contributed by atoms with Gasteiger partial charge in [-0.15, -0.1) is 0 Å². The van der Waals surface area contributed by atoms with Gasteiger partial charge in [0.05, 0.1) is 11.8 Å². The predicted molar refractivity (Wildman–Crippen MR) is 67.2 cm³/mol. The maximum atomic E-state index is 12.0. The lowest BCUT2D eigenvalue weighted by atomic mass is 9.69. The number of pyridine rings is 1. The third-order valence-electron chi connectivity index (χ3n) is 3.12. The first-order valence-corrected chi connectivity index (χ1v) is 6.22. The highest BCUT2D eigenvalue weighted by Gasteiger charge is 2.44. The minimum Gasteiger partial charge on any atom is -0.309 e. The van der Waals surface area contributed by atoms with Gasteiger partial charge in [-0.05, 0) is 54.2 Å². The summed E-state index contributed by atoms with van der Waals surface area (Å²) in [5, 5.41) is 11.8. The molecule has 0 atom stereocenters. The van der Waals surface area contributed by atoms with Crippen LogP contribution in [0.5, 0.6) is 0 Å². The molecule has 0 aliphatic heterocycles. The zero-order chi connectivity index (χ0) is 12.5. The van der Waals surface area contributed by atoms with Gasteiger partial charge < -0.3 is 5.32 Å². The topological polar surface area (TPSA) is 65.8 Å². The largest absolute Gasteiger partial charge is 0.309 e. The third-order valence-corrected chi connectivity index (χ3v) is 3.96. The standard InChI is InChI=1S/C12H12BrN3O/c1-8-9(13)3-4-10(15-8)16-11(17)12(7-14)5-2-6-12/h3-4H,2,5-6H2,1H3,(H,15,16,17). The summed E-state index contributed by atoms with van der Waals surface area (Å²) in [6.45, 7) is 1.85. The molecule has 4 nitrogen and oxygen atoms in total. The van der Waals surface area contributed by atoms with Crippen molar-refractivity contribution in [3.05, 3.63) is 22.3 Å². The molecular weight excluding hydrogens is 282 g/mol. The highest BCUT2D eigenvalue weighted by molar-refractivity contribution is 9.10. The van der Waals surface area contributed by atoms with E-state index in [1.165, 1.54) is 0 Å². The zero-order valence-electron chi connectivity index (χ0n) is 9.46. The van der Waals surface area contributed by atoms with E-state index in [2.05, 4.69) is 32.3 Å². The average molecular weight is 294 g/mol. The monoisotopic (exact) mass is 293 g/mol. The molecule has 1 aromatic heterocycles. The first-order chi connectivity index (χ1) is 8.07. The van der Waals surface area contributed by atoms with Crippen LogP contribution >= 0.6 is 15.9 Å². The number of carbonyl (C=O) groups is 1. The van der Waals surface area contributed by atoms with Crippen molar-refractivity contribution in [2.45, 2.75) is 26.2 Å². The Balaban J connectivity index is 2.13. The third kappa shape index (κ3) is 2.18. The number of halogens is 1. The van der Waals surface area contributed by atoms with Crippen LogP contribution in [0.15, 0.2) is 16.6 Å². The van der Waals surface area contributed by atoms with Crippen LogP contribution in [0.1, 0.15) is 25.0 Å². The molecule has 17 heavy (non-hydrogen) atoms. The van der Waals surface area contributed by atoms with E-state index in [1.807, 2.05) is 13.0 Å². The Bertz CT molecular complexity index is 503. The van der Waals surface area contributed by atoms with Crippen LogP contribution in [0.3, 0.4) is 0 Å². The molecule has 0 saturated heterocycles. The molecule has 1 aliphatic rings. The quantitative estimate of drug-likeness (QED) is 0.912. The molecule has 1 amide bonds. The van der Waals surface area contributed by atoms with E-state index < -0.39 is 5.41 Å². The Morgan fingerprint density at radius 1 is 1.59 bits per heavy atom. The highest BCUT2D eigenvalue weighted by atomic mass is 79.9. The van der Waals surface area contributed by atoms with Crippen molar-refractivity contribution < 1.29 is 4.79 Å². The maximum Gasteiger partial charge on any atom is 0.246 e. The van der Waals surface area contributed by atoms with Gasteiger partial charge in [0.25, 0.3) is 0 Å². The maximum absolute atomic E-state index is 12.0. The molecule has 1 saturated carbocycles. The van der Waals surface area contributed by atoms with Crippen LogP contribution < -0.4 is 5.32 Å². The van der Waals surface area contributed by atoms with E-state index in [0.29, 0.717) is 18.7 Å². The minimum absolute atomic E-state index is 0.236. The number of carbonyl (C=O) groups excluding carboxylic acids is 1. The number of rotatable bonds is 2. The number of amides is 1. The van der Waals surface area contributed by atoms with Gasteiger partial charge in [0.15, 0.2) is 0 Å². The second kappa shape index (κ2) is 4.46. The molecule has 1 heterocycles. The smallest absolute Gasteiger partial charge is 0.246 e. The van der Waals surface area contributed by atoms with Crippen LogP contribution in [-0.2, 0) is 4.79 Å². The molecule has 0 radical (unpaired) electrons. The fraction of sp³-hybridized carbons (Fsp3) is 0.417. The summed E-state index contributed by atoms with van der Waals surface area (Å²) >= 11 is 3.35. The summed E-state index contributed by atoms with van der Waals surface area (Å²) in [5.41, 5.74) is -0.0229. The number of nitriles is 1. The molecule has 0 bridgehead atoms. The van der Waals surface area contributed by atoms with Crippen molar-refractivity contribution in [3.8, 4) is 6.07 Å². The Labute approximate surface area is 108 Å². The normalized spacial score (nSPS) is 16.8. The summed E-state index contributed by atoms with van der Waals surface area (Å²) in [6, 6.07) is 5.66. The van der Waals surface area contributed by atoms with Gasteiger partial charge in [0.2, 0.25) is 5.91 Å². The Morgan fingerprint density at radius 3 is 2.76 bits per heavy atom. The lowest BCUT2D eigenvalue weighted by Crippen LogP contribution is -2.40. The van der Waals surface area contributed by atoms with Gasteiger partial charge in [-0.2, -0.15) is 5.26 Å². The second-order valence-electron chi connectivity index (χ2n) is 4.27. The molecule has 1 fully saturated rings. The number of aryl methyl sites for hydroxylation is 1. The van der Waals surface area contributed by atoms with Gasteiger partial charge in [-0.1, -0.05) is 0 Å². The van der Waals surface area contributed by atoms with Crippen LogP contribution in [0.25, 0.3) is 0 Å². The molecular formula is C12H12BrN3O. The summed E-state index contributed by atoms with van der Waals surface area (Å²) in [4.78, 5) is 16.2. The SMILES string of the molecule is Cc1nc(NC(=O)C2(C#N)CCC2)ccc1Br. The van der Waals surface area contributed by atoms with E-state index in [4.69, 9.17) is 5.26 Å². The van der Waals surface area contributed by atoms with Crippen molar-refractivity contribution in [3.63, 3.8) is 0 Å². The molecule has 0 unspecified atom stereocenters. The van der Waals surface area contributed by atoms with Crippen molar-refractivity contribution in [2.24, 2.45) is 5.41 Å². The number of nitrogens with one attached hydrogen (secondary N) is 1. The predicted octanol–water partition coefficient (Wildman–Crippen LogP) is 2.78. The van der Waals surface area contributed by atoms with Crippen molar-refractivity contribution in [2.75, 3.05) is 5.32 Å². The Hall–Kier alpha value is -1.41. The number of anilines is 1. The number of hydrogen-bond donors (Lipinski definition) is 1. The Morgan fingerprint density at radius 2 is 2.29 bits per heavy atom. The number of hydrogen-bond acceptors (Lipinski definition) is 3. The summed E-state index contributed by atoms with van der Waals surface area (Å²) < 4.78 is 0.897. The molecule has 88 valence electrons. The zero-order valence-corrected chi connectivity index (χ0v) is 11.0. The van der Waals surface area contributed by atoms with Crippen LogP contribution in [0.4, 0.5) is 5.82 Å². The van der Waals surface area contributed by atoms with Crippen molar-refractivity contribution in [1.29, 1.82) is 5.26 Å². The summed E-state index contributed by atoms with van der Waals surface area (Å²) in [7, 11) is 0. The fourth-order valence-electron chi connectivity index (χ4n) is 1.77. The average Bonchev–Trinajstić information content (AvgIpc) is 2.23. The van der Waals surface area contributed by atoms with Gasteiger partial charge in [-0.25, -0.2) is 4.98 Å². The van der Waals surface area contributed by atoms with Gasteiger partial charge in [0, 0.05) is 4.47 Å². The lowest BCUT2D eigenvalue weighted by molar-refractivity contribution is -0.126. The highest BCUT2D eigenvalue weighted by Crippen LogP contribution is 2.41. The van der Waals surface area contributed by atoms with E-state index in [0.717, 1.165) is 16.6 Å². The summed E-state index contributed by atoms with van der Waals surface area (Å²) in [6.07, 6.45) is 2.23. The van der Waals surface area contributed by atoms with Crippen molar-refractivity contribution >= 4 is 27.7 Å². The molecule has 5 heteroatoms. The van der Waals surface area contributed by atoms with Crippen LogP contribution in [0, 0.1) is 23.7 Å². The van der Waals surface area contributed by atoms with E-state index >= 15 is 0 Å². The van der Waals surface area contributed by atoms with Gasteiger partial charge >= 0.3 is 0 Å².